The Kier molecular flexibility index (Phi) is 2.40. The molecular formula is C14H15F2N3O2. The van der Waals surface area contributed by atoms with Gasteiger partial charge in [-0.2, -0.15) is 0 Å². The summed E-state index contributed by atoms with van der Waals surface area (Å²) in [4.78, 5) is 30.6. The van der Waals surface area contributed by atoms with Crippen molar-refractivity contribution in [3.8, 4) is 0 Å². The Hall–Kier alpha value is -1.79. The molecule has 3 fully saturated rings. The maximum Gasteiger partial charge on any atom is 0.276 e. The molecule has 7 heteroatoms. The molecule has 0 bridgehead atoms. The highest BCUT2D eigenvalue weighted by Gasteiger charge is 2.87. The van der Waals surface area contributed by atoms with Crippen LogP contribution in [-0.2, 0) is 0 Å². The molecule has 1 spiro atoms. The summed E-state index contributed by atoms with van der Waals surface area (Å²) in [6.07, 6.45) is 5.12. The number of carbonyl (C=O) groups is 1. The zero-order chi connectivity index (χ0) is 14.8. The Morgan fingerprint density at radius 1 is 1.38 bits per heavy atom. The van der Waals surface area contributed by atoms with E-state index in [9.17, 15) is 18.4 Å². The second-order valence-electron chi connectivity index (χ2n) is 6.32. The number of aromatic amines is 1. The van der Waals surface area contributed by atoms with Crippen LogP contribution in [0.5, 0.6) is 0 Å². The molecule has 1 unspecified atom stereocenters. The Morgan fingerprint density at radius 3 is 2.57 bits per heavy atom. The number of hydrogen-bond acceptors (Lipinski definition) is 3. The van der Waals surface area contributed by atoms with E-state index in [1.807, 2.05) is 0 Å². The molecular weight excluding hydrogens is 280 g/mol. The van der Waals surface area contributed by atoms with E-state index in [1.165, 1.54) is 6.20 Å². The van der Waals surface area contributed by atoms with Crippen molar-refractivity contribution in [2.75, 3.05) is 0 Å². The standard InChI is InChI=1S/C14H15F2N3O2/c15-14(16)12(13(14)4-5-13)19-11(21)8-6-17-9(18-10(8)20)7-2-1-3-7/h6-7,12H,1-5H2,(H,19,21)(H,17,18,20). The molecule has 3 saturated carbocycles. The molecule has 1 heterocycles. The Balaban J connectivity index is 1.51. The molecule has 112 valence electrons. The first-order valence-electron chi connectivity index (χ1n) is 7.23. The third kappa shape index (κ3) is 1.69. The lowest BCUT2D eigenvalue weighted by Gasteiger charge is -2.23. The van der Waals surface area contributed by atoms with Gasteiger partial charge in [0.2, 0.25) is 0 Å². The van der Waals surface area contributed by atoms with E-state index >= 15 is 0 Å². The van der Waals surface area contributed by atoms with Gasteiger partial charge in [-0.3, -0.25) is 9.59 Å². The average Bonchev–Trinajstić information content (AvgIpc) is 3.21. The Labute approximate surface area is 119 Å². The van der Waals surface area contributed by atoms with E-state index in [2.05, 4.69) is 15.3 Å². The van der Waals surface area contributed by atoms with Crippen molar-refractivity contribution in [3.63, 3.8) is 0 Å². The largest absolute Gasteiger partial charge is 0.342 e. The second kappa shape index (κ2) is 3.90. The van der Waals surface area contributed by atoms with E-state index in [0.717, 1.165) is 19.3 Å². The van der Waals surface area contributed by atoms with Gasteiger partial charge in [0.1, 0.15) is 17.4 Å². The summed E-state index contributed by atoms with van der Waals surface area (Å²) in [6.45, 7) is 0. The van der Waals surface area contributed by atoms with Gasteiger partial charge in [-0.25, -0.2) is 13.8 Å². The van der Waals surface area contributed by atoms with Gasteiger partial charge in [-0.05, 0) is 25.7 Å². The van der Waals surface area contributed by atoms with Crippen LogP contribution in [0.3, 0.4) is 0 Å². The van der Waals surface area contributed by atoms with Crippen LogP contribution in [-0.4, -0.2) is 27.8 Å². The Bertz CT molecular complexity index is 673. The molecule has 21 heavy (non-hydrogen) atoms. The smallest absolute Gasteiger partial charge is 0.276 e. The monoisotopic (exact) mass is 295 g/mol. The van der Waals surface area contributed by atoms with Crippen LogP contribution in [0.25, 0.3) is 0 Å². The number of halogens is 2. The quantitative estimate of drug-likeness (QED) is 0.888. The van der Waals surface area contributed by atoms with Gasteiger partial charge in [0.25, 0.3) is 17.4 Å². The average molecular weight is 295 g/mol. The predicted octanol–water partition coefficient (Wildman–Crippen LogP) is 1.56. The first-order chi connectivity index (χ1) is 9.96. The van der Waals surface area contributed by atoms with Gasteiger partial charge >= 0.3 is 0 Å². The molecule has 4 rings (SSSR count). The van der Waals surface area contributed by atoms with Gasteiger partial charge in [0, 0.05) is 12.1 Å². The summed E-state index contributed by atoms with van der Waals surface area (Å²) in [6, 6.07) is -1.14. The van der Waals surface area contributed by atoms with Crippen LogP contribution in [0.2, 0.25) is 0 Å². The van der Waals surface area contributed by atoms with E-state index in [-0.39, 0.29) is 11.5 Å². The summed E-state index contributed by atoms with van der Waals surface area (Å²) in [5.74, 6) is -2.78. The van der Waals surface area contributed by atoms with Crippen molar-refractivity contribution in [1.82, 2.24) is 15.3 Å². The molecule has 0 radical (unpaired) electrons. The fourth-order valence-corrected chi connectivity index (χ4v) is 3.16. The summed E-state index contributed by atoms with van der Waals surface area (Å²) >= 11 is 0. The number of nitrogens with one attached hydrogen (secondary N) is 2. The minimum Gasteiger partial charge on any atom is -0.342 e. The van der Waals surface area contributed by atoms with Crippen molar-refractivity contribution in [2.24, 2.45) is 5.41 Å². The number of carbonyl (C=O) groups excluding carboxylic acids is 1. The van der Waals surface area contributed by atoms with E-state index in [4.69, 9.17) is 0 Å². The number of amides is 1. The summed E-state index contributed by atoms with van der Waals surface area (Å²) < 4.78 is 27.0. The fourth-order valence-electron chi connectivity index (χ4n) is 3.16. The number of alkyl halides is 2. The molecule has 1 aromatic rings. The van der Waals surface area contributed by atoms with Crippen molar-refractivity contribution >= 4 is 5.91 Å². The molecule has 1 atom stereocenters. The predicted molar refractivity (Wildman–Crippen MR) is 69.3 cm³/mol. The van der Waals surface area contributed by atoms with E-state index < -0.39 is 28.8 Å². The lowest BCUT2D eigenvalue weighted by atomic mass is 9.85. The number of rotatable bonds is 3. The molecule has 3 aliphatic carbocycles. The highest BCUT2D eigenvalue weighted by molar-refractivity contribution is 5.94. The van der Waals surface area contributed by atoms with Crippen LogP contribution in [0.15, 0.2) is 11.0 Å². The summed E-state index contributed by atoms with van der Waals surface area (Å²) in [5, 5.41) is 2.28. The highest BCUT2D eigenvalue weighted by atomic mass is 19.3. The molecule has 0 aromatic carbocycles. The summed E-state index contributed by atoms with van der Waals surface area (Å²) in [5.41, 5.74) is -1.79. The normalized spacial score (nSPS) is 28.0. The molecule has 2 N–H and O–H groups in total. The minimum atomic E-state index is -2.84. The highest BCUT2D eigenvalue weighted by Crippen LogP contribution is 2.75. The van der Waals surface area contributed by atoms with E-state index in [1.54, 1.807) is 0 Å². The SMILES string of the molecule is O=C(NC1C(F)(F)C12CC2)c1cnc(C2CCC2)[nH]c1=O. The zero-order valence-electron chi connectivity index (χ0n) is 11.3. The van der Waals surface area contributed by atoms with Crippen molar-refractivity contribution in [1.29, 1.82) is 0 Å². The van der Waals surface area contributed by atoms with Gasteiger partial charge in [0.05, 0.1) is 5.41 Å². The number of H-pyrrole nitrogens is 1. The minimum absolute atomic E-state index is 0.198. The second-order valence-corrected chi connectivity index (χ2v) is 6.32. The fraction of sp³-hybridized carbons (Fsp3) is 0.643. The molecule has 5 nitrogen and oxygen atoms in total. The van der Waals surface area contributed by atoms with Crippen LogP contribution in [0.4, 0.5) is 8.78 Å². The maximum atomic E-state index is 13.5. The molecule has 0 saturated heterocycles. The summed E-state index contributed by atoms with van der Waals surface area (Å²) in [7, 11) is 0. The van der Waals surface area contributed by atoms with Crippen LogP contribution in [0.1, 0.15) is 54.2 Å². The van der Waals surface area contributed by atoms with Crippen LogP contribution in [0, 0.1) is 5.41 Å². The van der Waals surface area contributed by atoms with Gasteiger partial charge in [0.15, 0.2) is 0 Å². The van der Waals surface area contributed by atoms with E-state index in [0.29, 0.717) is 18.7 Å². The van der Waals surface area contributed by atoms with Crippen molar-refractivity contribution in [2.45, 2.75) is 50.0 Å². The molecule has 1 aromatic heterocycles. The van der Waals surface area contributed by atoms with Gasteiger partial charge in [-0.1, -0.05) is 6.42 Å². The third-order valence-electron chi connectivity index (χ3n) is 5.12. The first kappa shape index (κ1) is 12.9. The zero-order valence-corrected chi connectivity index (χ0v) is 11.3. The Morgan fingerprint density at radius 2 is 2.10 bits per heavy atom. The van der Waals surface area contributed by atoms with Crippen molar-refractivity contribution < 1.29 is 13.6 Å². The topological polar surface area (TPSA) is 74.8 Å². The molecule has 3 aliphatic rings. The number of hydrogen-bond donors (Lipinski definition) is 2. The lowest BCUT2D eigenvalue weighted by molar-refractivity contribution is 0.0772. The van der Waals surface area contributed by atoms with Crippen LogP contribution < -0.4 is 10.9 Å². The van der Waals surface area contributed by atoms with Gasteiger partial charge in [-0.15, -0.1) is 0 Å². The third-order valence-corrected chi connectivity index (χ3v) is 5.12. The van der Waals surface area contributed by atoms with Crippen LogP contribution >= 0.6 is 0 Å². The number of aromatic nitrogens is 2. The first-order valence-corrected chi connectivity index (χ1v) is 7.23. The van der Waals surface area contributed by atoms with Crippen molar-refractivity contribution in [3.05, 3.63) is 27.9 Å². The molecule has 0 aliphatic heterocycles. The van der Waals surface area contributed by atoms with Gasteiger partial charge < -0.3 is 10.3 Å². The lowest BCUT2D eigenvalue weighted by Crippen LogP contribution is -2.34. The maximum absolute atomic E-state index is 13.5. The molecule has 1 amide bonds. The number of nitrogens with zero attached hydrogens (tertiary/aromatic N) is 1.